The zero-order valence-corrected chi connectivity index (χ0v) is 12.4. The van der Waals surface area contributed by atoms with Crippen molar-refractivity contribution in [2.24, 2.45) is 0 Å². The van der Waals surface area contributed by atoms with Crippen LogP contribution in [0.4, 0.5) is 0 Å². The van der Waals surface area contributed by atoms with Gasteiger partial charge in [0, 0.05) is 0 Å². The van der Waals surface area contributed by atoms with Gasteiger partial charge in [-0.3, -0.25) is 4.79 Å². The molecule has 0 aliphatic carbocycles. The van der Waals surface area contributed by atoms with Gasteiger partial charge < -0.3 is 5.11 Å². The third-order valence-electron chi connectivity index (χ3n) is 3.34. The van der Waals surface area contributed by atoms with Crippen molar-refractivity contribution in [3.8, 4) is 0 Å². The van der Waals surface area contributed by atoms with E-state index in [0.29, 0.717) is 5.56 Å². The Morgan fingerprint density at radius 3 is 2.14 bits per heavy atom. The topological polar surface area (TPSA) is 71.4 Å². The molecule has 0 bridgehead atoms. The van der Waals surface area contributed by atoms with Crippen LogP contribution in [0.3, 0.4) is 0 Å². The van der Waals surface area contributed by atoms with Gasteiger partial charge in [-0.15, -0.1) is 0 Å². The van der Waals surface area contributed by atoms with Gasteiger partial charge in [-0.2, -0.15) is 0 Å². The second kappa shape index (κ2) is 6.10. The van der Waals surface area contributed by atoms with Gasteiger partial charge in [-0.25, -0.2) is 8.42 Å². The standard InChI is InChI=1S/C16H16O4S/c1-12(14-5-3-2-4-6-14)21(19,20)15-9-7-13(8-10-15)11-16(17)18/h2-10,12H,11H2,1H3,(H,17,18). The van der Waals surface area contributed by atoms with Crippen LogP contribution in [0.15, 0.2) is 59.5 Å². The summed E-state index contributed by atoms with van der Waals surface area (Å²) in [5.41, 5.74) is 1.31. The van der Waals surface area contributed by atoms with Gasteiger partial charge >= 0.3 is 5.97 Å². The summed E-state index contributed by atoms with van der Waals surface area (Å²) in [5.74, 6) is -0.941. The van der Waals surface area contributed by atoms with E-state index in [1.165, 1.54) is 12.1 Å². The number of benzene rings is 2. The molecule has 110 valence electrons. The SMILES string of the molecule is CC(c1ccccc1)S(=O)(=O)c1ccc(CC(=O)O)cc1. The minimum atomic E-state index is -3.48. The molecule has 4 nitrogen and oxygen atoms in total. The van der Waals surface area contributed by atoms with Gasteiger partial charge in [-0.1, -0.05) is 42.5 Å². The molecule has 0 saturated heterocycles. The number of hydrogen-bond acceptors (Lipinski definition) is 3. The van der Waals surface area contributed by atoms with Crippen molar-refractivity contribution in [2.45, 2.75) is 23.5 Å². The Balaban J connectivity index is 2.29. The fraction of sp³-hybridized carbons (Fsp3) is 0.188. The normalized spacial score (nSPS) is 12.8. The molecule has 1 N–H and O–H groups in total. The molecule has 1 atom stereocenters. The minimum absolute atomic E-state index is 0.117. The number of carboxylic acid groups (broad SMARTS) is 1. The van der Waals surface area contributed by atoms with Gasteiger partial charge in [0.25, 0.3) is 0 Å². The van der Waals surface area contributed by atoms with Crippen LogP contribution in [-0.2, 0) is 21.1 Å². The van der Waals surface area contributed by atoms with Gasteiger partial charge in [0.2, 0.25) is 0 Å². The summed E-state index contributed by atoms with van der Waals surface area (Å²) in [7, 11) is -3.48. The predicted octanol–water partition coefficient (Wildman–Crippen LogP) is 2.85. The second-order valence-electron chi connectivity index (χ2n) is 4.81. The largest absolute Gasteiger partial charge is 0.481 e. The number of rotatable bonds is 5. The van der Waals surface area contributed by atoms with E-state index in [2.05, 4.69) is 0 Å². The second-order valence-corrected chi connectivity index (χ2v) is 7.08. The quantitative estimate of drug-likeness (QED) is 0.922. The highest BCUT2D eigenvalue weighted by Crippen LogP contribution is 2.28. The van der Waals surface area contributed by atoms with E-state index in [4.69, 9.17) is 5.11 Å². The first-order valence-corrected chi connectivity index (χ1v) is 8.05. The van der Waals surface area contributed by atoms with Crippen LogP contribution in [-0.4, -0.2) is 19.5 Å². The van der Waals surface area contributed by atoms with Crippen molar-refractivity contribution in [2.75, 3.05) is 0 Å². The molecule has 0 radical (unpaired) electrons. The first kappa shape index (κ1) is 15.3. The van der Waals surface area contributed by atoms with Gasteiger partial charge in [-0.05, 0) is 30.2 Å². The van der Waals surface area contributed by atoms with Crippen LogP contribution < -0.4 is 0 Å². The third kappa shape index (κ3) is 3.49. The van der Waals surface area contributed by atoms with E-state index in [0.717, 1.165) is 5.56 Å². The van der Waals surface area contributed by atoms with Crippen molar-refractivity contribution in [3.63, 3.8) is 0 Å². The van der Waals surface area contributed by atoms with E-state index in [1.54, 1.807) is 43.3 Å². The van der Waals surface area contributed by atoms with Gasteiger partial charge in [0.05, 0.1) is 16.6 Å². The predicted molar refractivity (Wildman–Crippen MR) is 79.8 cm³/mol. The smallest absolute Gasteiger partial charge is 0.307 e. The lowest BCUT2D eigenvalue weighted by Crippen LogP contribution is -2.11. The zero-order valence-electron chi connectivity index (χ0n) is 11.6. The maximum Gasteiger partial charge on any atom is 0.307 e. The molecule has 1 unspecified atom stereocenters. The molecule has 0 spiro atoms. The Morgan fingerprint density at radius 1 is 1.05 bits per heavy atom. The summed E-state index contributed by atoms with van der Waals surface area (Å²) >= 11 is 0. The summed E-state index contributed by atoms with van der Waals surface area (Å²) in [6.45, 7) is 1.65. The zero-order chi connectivity index (χ0) is 15.5. The Morgan fingerprint density at radius 2 is 1.62 bits per heavy atom. The van der Waals surface area contributed by atoms with Crippen LogP contribution in [0, 0.1) is 0 Å². The van der Waals surface area contributed by atoms with E-state index < -0.39 is 21.1 Å². The molecule has 0 aromatic heterocycles. The van der Waals surface area contributed by atoms with Crippen molar-refractivity contribution in [3.05, 3.63) is 65.7 Å². The van der Waals surface area contributed by atoms with Crippen LogP contribution in [0.1, 0.15) is 23.3 Å². The van der Waals surface area contributed by atoms with E-state index in [9.17, 15) is 13.2 Å². The molecule has 21 heavy (non-hydrogen) atoms. The molecule has 0 saturated carbocycles. The Labute approximate surface area is 124 Å². The third-order valence-corrected chi connectivity index (χ3v) is 5.47. The molecule has 0 aliphatic rings. The molecular weight excluding hydrogens is 288 g/mol. The van der Waals surface area contributed by atoms with Gasteiger partial charge in [0.1, 0.15) is 0 Å². The molecule has 0 amide bonds. The maximum absolute atomic E-state index is 12.5. The first-order chi connectivity index (χ1) is 9.91. The molecule has 0 heterocycles. The van der Waals surface area contributed by atoms with Gasteiger partial charge in [0.15, 0.2) is 9.84 Å². The van der Waals surface area contributed by atoms with Crippen LogP contribution in [0.25, 0.3) is 0 Å². The summed E-state index contributed by atoms with van der Waals surface area (Å²) in [6, 6.07) is 15.0. The van der Waals surface area contributed by atoms with E-state index >= 15 is 0 Å². The van der Waals surface area contributed by atoms with Crippen molar-refractivity contribution in [1.82, 2.24) is 0 Å². The fourth-order valence-corrected chi connectivity index (χ4v) is 3.52. The Hall–Kier alpha value is -2.14. The summed E-state index contributed by atoms with van der Waals surface area (Å²) < 4.78 is 25.1. The lowest BCUT2D eigenvalue weighted by Gasteiger charge is -2.13. The van der Waals surface area contributed by atoms with Crippen molar-refractivity contribution >= 4 is 15.8 Å². The van der Waals surface area contributed by atoms with Crippen LogP contribution >= 0.6 is 0 Å². The minimum Gasteiger partial charge on any atom is -0.481 e. The van der Waals surface area contributed by atoms with Crippen LogP contribution in [0.5, 0.6) is 0 Å². The number of sulfone groups is 1. The highest BCUT2D eigenvalue weighted by atomic mass is 32.2. The summed E-state index contributed by atoms with van der Waals surface area (Å²) in [4.78, 5) is 10.8. The number of aliphatic carboxylic acids is 1. The molecule has 5 heteroatoms. The van der Waals surface area contributed by atoms with Crippen molar-refractivity contribution < 1.29 is 18.3 Å². The van der Waals surface area contributed by atoms with E-state index in [-0.39, 0.29) is 11.3 Å². The molecule has 2 rings (SSSR count). The molecule has 0 aliphatic heterocycles. The lowest BCUT2D eigenvalue weighted by molar-refractivity contribution is -0.136. The van der Waals surface area contributed by atoms with Crippen molar-refractivity contribution in [1.29, 1.82) is 0 Å². The maximum atomic E-state index is 12.5. The number of hydrogen-bond donors (Lipinski definition) is 1. The summed E-state index contributed by atoms with van der Waals surface area (Å²) in [5, 5.41) is 8.07. The highest BCUT2D eigenvalue weighted by Gasteiger charge is 2.24. The molecular formula is C16H16O4S. The number of carbonyl (C=O) groups is 1. The molecule has 2 aromatic rings. The number of carboxylic acids is 1. The highest BCUT2D eigenvalue weighted by molar-refractivity contribution is 7.91. The average molecular weight is 304 g/mol. The summed E-state index contributed by atoms with van der Waals surface area (Å²) in [6.07, 6.45) is -0.117. The van der Waals surface area contributed by atoms with Crippen LogP contribution in [0.2, 0.25) is 0 Å². The average Bonchev–Trinajstić information content (AvgIpc) is 2.47. The Kier molecular flexibility index (Phi) is 4.43. The lowest BCUT2D eigenvalue weighted by atomic mass is 10.2. The molecule has 0 fully saturated rings. The first-order valence-electron chi connectivity index (χ1n) is 6.51. The fourth-order valence-electron chi connectivity index (χ4n) is 2.08. The Bertz CT molecular complexity index is 719. The monoisotopic (exact) mass is 304 g/mol. The molecule has 2 aromatic carbocycles. The van der Waals surface area contributed by atoms with E-state index in [1.807, 2.05) is 6.07 Å².